The molecule has 0 unspecified atom stereocenters. The second-order valence-electron chi connectivity index (χ2n) is 6.36. The molecule has 2 aromatic carbocycles. The van der Waals surface area contributed by atoms with Crippen LogP contribution in [0.25, 0.3) is 0 Å². The van der Waals surface area contributed by atoms with E-state index in [2.05, 4.69) is 10.6 Å². The maximum atomic E-state index is 12.7. The Balaban J connectivity index is 2.13. The van der Waals surface area contributed by atoms with Gasteiger partial charge in [-0.15, -0.1) is 0 Å². The van der Waals surface area contributed by atoms with Crippen molar-refractivity contribution in [2.75, 3.05) is 0 Å². The van der Waals surface area contributed by atoms with E-state index in [4.69, 9.17) is 5.26 Å². The van der Waals surface area contributed by atoms with Gasteiger partial charge < -0.3 is 15.7 Å². The van der Waals surface area contributed by atoms with Gasteiger partial charge in [0.05, 0.1) is 11.6 Å². The van der Waals surface area contributed by atoms with Crippen molar-refractivity contribution in [2.45, 2.75) is 31.8 Å². The van der Waals surface area contributed by atoms with E-state index < -0.39 is 24.0 Å². The summed E-state index contributed by atoms with van der Waals surface area (Å²) in [5.41, 5.74) is 1.86. The normalized spacial score (nSPS) is 12.3. The lowest BCUT2D eigenvalue weighted by atomic mass is 10.0. The van der Waals surface area contributed by atoms with E-state index in [1.807, 2.05) is 36.4 Å². The minimum absolute atomic E-state index is 0.0225. The van der Waals surface area contributed by atoms with Gasteiger partial charge in [-0.25, -0.2) is 4.79 Å². The zero-order valence-corrected chi connectivity index (χ0v) is 15.4. The van der Waals surface area contributed by atoms with Crippen molar-refractivity contribution < 1.29 is 19.5 Å². The van der Waals surface area contributed by atoms with Crippen LogP contribution >= 0.6 is 0 Å². The maximum absolute atomic E-state index is 12.7. The van der Waals surface area contributed by atoms with Crippen molar-refractivity contribution in [3.8, 4) is 6.07 Å². The average Bonchev–Trinajstić information content (AvgIpc) is 2.67. The number of nitrogens with zero attached hydrogens (tertiary/aromatic N) is 1. The molecule has 0 aliphatic heterocycles. The van der Waals surface area contributed by atoms with Crippen LogP contribution in [0.1, 0.15) is 23.6 Å². The minimum atomic E-state index is -1.20. The number of nitrogens with one attached hydrogen (secondary N) is 2. The number of carboxylic acid groups (broad SMARTS) is 1. The van der Waals surface area contributed by atoms with Gasteiger partial charge in [0.15, 0.2) is 0 Å². The second kappa shape index (κ2) is 9.88. The number of carbonyl (C=O) groups excluding carboxylic acids is 2. The molecule has 3 N–H and O–H groups in total. The van der Waals surface area contributed by atoms with Crippen LogP contribution in [0.4, 0.5) is 0 Å². The molecular formula is C21H21N3O4. The number of benzene rings is 2. The highest BCUT2D eigenvalue weighted by Crippen LogP contribution is 2.09. The Morgan fingerprint density at radius 1 is 0.964 bits per heavy atom. The number of amides is 2. The van der Waals surface area contributed by atoms with E-state index in [1.165, 1.54) is 6.92 Å². The van der Waals surface area contributed by atoms with Crippen LogP contribution in [0.2, 0.25) is 0 Å². The largest absolute Gasteiger partial charge is 0.480 e. The van der Waals surface area contributed by atoms with Gasteiger partial charge in [0.2, 0.25) is 11.8 Å². The van der Waals surface area contributed by atoms with E-state index in [9.17, 15) is 19.5 Å². The number of nitriles is 1. The number of hydrogen-bond acceptors (Lipinski definition) is 4. The van der Waals surface area contributed by atoms with Gasteiger partial charge in [-0.3, -0.25) is 9.59 Å². The number of hydrogen-bond donors (Lipinski definition) is 3. The first kappa shape index (κ1) is 20.6. The first-order valence-electron chi connectivity index (χ1n) is 8.72. The predicted molar refractivity (Wildman–Crippen MR) is 102 cm³/mol. The molecule has 0 aliphatic carbocycles. The molecule has 7 heteroatoms. The molecule has 2 aromatic rings. The minimum Gasteiger partial charge on any atom is -0.480 e. The molecule has 0 bridgehead atoms. The van der Waals surface area contributed by atoms with Crippen LogP contribution in [0.3, 0.4) is 0 Å². The fourth-order valence-electron chi connectivity index (χ4n) is 2.78. The Morgan fingerprint density at radius 2 is 1.61 bits per heavy atom. The van der Waals surface area contributed by atoms with Crippen molar-refractivity contribution in [1.82, 2.24) is 10.6 Å². The zero-order chi connectivity index (χ0) is 20.5. The Labute approximate surface area is 163 Å². The summed E-state index contributed by atoms with van der Waals surface area (Å²) in [5.74, 6) is -2.16. The molecular weight excluding hydrogens is 358 g/mol. The number of carboxylic acids is 1. The van der Waals surface area contributed by atoms with Crippen LogP contribution < -0.4 is 10.6 Å². The average molecular weight is 379 g/mol. The molecule has 0 saturated heterocycles. The molecule has 0 fully saturated rings. The summed E-state index contributed by atoms with van der Waals surface area (Å²) < 4.78 is 0. The Bertz CT molecular complexity index is 890. The molecule has 28 heavy (non-hydrogen) atoms. The predicted octanol–water partition coefficient (Wildman–Crippen LogP) is 1.42. The Morgan fingerprint density at radius 3 is 2.21 bits per heavy atom. The monoisotopic (exact) mass is 379 g/mol. The molecule has 0 saturated carbocycles. The fourth-order valence-corrected chi connectivity index (χ4v) is 2.78. The summed E-state index contributed by atoms with van der Waals surface area (Å²) in [5, 5.41) is 23.5. The fraction of sp³-hybridized carbons (Fsp3) is 0.238. The lowest BCUT2D eigenvalue weighted by Crippen LogP contribution is -2.52. The summed E-state index contributed by atoms with van der Waals surface area (Å²) in [6.07, 6.45) is 0.261. The van der Waals surface area contributed by atoms with Crippen LogP contribution in [0, 0.1) is 11.3 Å². The first-order valence-corrected chi connectivity index (χ1v) is 8.72. The van der Waals surface area contributed by atoms with Crippen molar-refractivity contribution in [1.29, 1.82) is 5.26 Å². The molecule has 0 heterocycles. The molecule has 0 aromatic heterocycles. The summed E-state index contributed by atoms with van der Waals surface area (Å²) in [7, 11) is 0. The molecule has 0 spiro atoms. The topological polar surface area (TPSA) is 119 Å². The van der Waals surface area contributed by atoms with E-state index in [-0.39, 0.29) is 18.7 Å². The molecule has 2 atom stereocenters. The van der Waals surface area contributed by atoms with Gasteiger partial charge in [-0.05, 0) is 23.3 Å². The van der Waals surface area contributed by atoms with Crippen LogP contribution in [0.5, 0.6) is 0 Å². The molecule has 7 nitrogen and oxygen atoms in total. The van der Waals surface area contributed by atoms with Crippen molar-refractivity contribution in [3.05, 3.63) is 71.3 Å². The molecule has 144 valence electrons. The SMILES string of the molecule is CC(=O)N[C@@H](Cc1ccccc1)C(=O)N[C@@H](Cc1cccc(C#N)c1)C(=O)O. The summed E-state index contributed by atoms with van der Waals surface area (Å²) in [6, 6.07) is 15.6. The lowest BCUT2D eigenvalue weighted by molar-refractivity contribution is -0.142. The van der Waals surface area contributed by atoms with E-state index in [1.54, 1.807) is 24.3 Å². The van der Waals surface area contributed by atoms with E-state index in [0.29, 0.717) is 11.1 Å². The molecule has 0 aliphatic rings. The van der Waals surface area contributed by atoms with E-state index >= 15 is 0 Å². The highest BCUT2D eigenvalue weighted by molar-refractivity contribution is 5.90. The van der Waals surface area contributed by atoms with Crippen LogP contribution in [-0.2, 0) is 27.2 Å². The van der Waals surface area contributed by atoms with Crippen LogP contribution in [-0.4, -0.2) is 35.0 Å². The Hall–Kier alpha value is -3.66. The second-order valence-corrected chi connectivity index (χ2v) is 6.36. The van der Waals surface area contributed by atoms with Gasteiger partial charge in [0, 0.05) is 19.8 Å². The van der Waals surface area contributed by atoms with Crippen molar-refractivity contribution in [3.63, 3.8) is 0 Å². The van der Waals surface area contributed by atoms with Gasteiger partial charge in [-0.2, -0.15) is 5.26 Å². The van der Waals surface area contributed by atoms with E-state index in [0.717, 1.165) is 5.56 Å². The molecule has 0 radical (unpaired) electrons. The van der Waals surface area contributed by atoms with Gasteiger partial charge in [0.25, 0.3) is 0 Å². The standard InChI is InChI=1S/C21H21N3O4/c1-14(25)23-18(11-15-6-3-2-4-7-15)20(26)24-19(21(27)28)12-16-8-5-9-17(10-16)13-22/h2-10,18-19H,11-12H2,1H3,(H,23,25)(H,24,26)(H,27,28)/t18-,19-/m0/s1. The first-order chi connectivity index (χ1) is 13.4. The van der Waals surface area contributed by atoms with Crippen LogP contribution in [0.15, 0.2) is 54.6 Å². The molecule has 2 rings (SSSR count). The number of carbonyl (C=O) groups is 3. The summed E-state index contributed by atoms with van der Waals surface area (Å²) in [4.78, 5) is 35.8. The lowest BCUT2D eigenvalue weighted by Gasteiger charge is -2.21. The quantitative estimate of drug-likeness (QED) is 0.641. The third-order valence-corrected chi connectivity index (χ3v) is 4.09. The summed E-state index contributed by atoms with van der Waals surface area (Å²) >= 11 is 0. The third-order valence-electron chi connectivity index (χ3n) is 4.09. The maximum Gasteiger partial charge on any atom is 0.326 e. The van der Waals surface area contributed by atoms with Gasteiger partial charge in [-0.1, -0.05) is 42.5 Å². The smallest absolute Gasteiger partial charge is 0.326 e. The van der Waals surface area contributed by atoms with Gasteiger partial charge >= 0.3 is 5.97 Å². The summed E-state index contributed by atoms with van der Waals surface area (Å²) in [6.45, 7) is 1.30. The third kappa shape index (κ3) is 6.25. The van der Waals surface area contributed by atoms with Gasteiger partial charge in [0.1, 0.15) is 12.1 Å². The number of rotatable bonds is 8. The number of aliphatic carboxylic acids is 1. The van der Waals surface area contributed by atoms with Crippen molar-refractivity contribution in [2.24, 2.45) is 0 Å². The molecule has 2 amide bonds. The zero-order valence-electron chi connectivity index (χ0n) is 15.4. The highest BCUT2D eigenvalue weighted by Gasteiger charge is 2.26. The Kier molecular flexibility index (Phi) is 7.28. The highest BCUT2D eigenvalue weighted by atomic mass is 16.4. The van der Waals surface area contributed by atoms with Crippen molar-refractivity contribution >= 4 is 17.8 Å².